The lowest BCUT2D eigenvalue weighted by molar-refractivity contribution is 0.0240. The van der Waals surface area contributed by atoms with E-state index < -0.39 is 5.60 Å². The number of nitrogens with zero attached hydrogens (tertiary/aromatic N) is 3. The third-order valence-corrected chi connectivity index (χ3v) is 5.65. The Morgan fingerprint density at radius 2 is 1.96 bits per heavy atom. The van der Waals surface area contributed by atoms with Gasteiger partial charge in [0.1, 0.15) is 5.60 Å². The van der Waals surface area contributed by atoms with Crippen molar-refractivity contribution in [2.45, 2.75) is 26.4 Å². The van der Waals surface area contributed by atoms with Crippen LogP contribution in [0.25, 0.3) is 10.2 Å². The van der Waals surface area contributed by atoms with Crippen molar-refractivity contribution in [2.75, 3.05) is 31.1 Å². The zero-order chi connectivity index (χ0) is 16.6. The molecular weight excluding hydrogens is 378 g/mol. The summed E-state index contributed by atoms with van der Waals surface area (Å²) in [5, 5.41) is 1.01. The summed E-state index contributed by atoms with van der Waals surface area (Å²) in [6.45, 7) is 8.53. The summed E-state index contributed by atoms with van der Waals surface area (Å²) < 4.78 is 7.67. The number of ether oxygens (including phenoxy) is 1. The van der Waals surface area contributed by atoms with Crippen LogP contribution < -0.4 is 4.90 Å². The molecule has 1 aliphatic rings. The molecule has 23 heavy (non-hydrogen) atoms. The van der Waals surface area contributed by atoms with Crippen molar-refractivity contribution in [3.8, 4) is 0 Å². The molecule has 1 amide bonds. The number of hydrogen-bond acceptors (Lipinski definition) is 5. The number of anilines is 1. The molecule has 1 aliphatic heterocycles. The largest absolute Gasteiger partial charge is 0.444 e. The van der Waals surface area contributed by atoms with Gasteiger partial charge in [-0.05, 0) is 48.8 Å². The van der Waals surface area contributed by atoms with Crippen molar-refractivity contribution in [3.05, 3.63) is 22.7 Å². The van der Waals surface area contributed by atoms with E-state index >= 15 is 0 Å². The highest BCUT2D eigenvalue weighted by atomic mass is 79.9. The van der Waals surface area contributed by atoms with E-state index in [0.29, 0.717) is 13.1 Å². The van der Waals surface area contributed by atoms with Crippen LogP contribution in [0.15, 0.2) is 22.7 Å². The van der Waals surface area contributed by atoms with Gasteiger partial charge in [0.15, 0.2) is 5.13 Å². The average Bonchev–Trinajstić information content (AvgIpc) is 2.91. The first-order valence-corrected chi connectivity index (χ1v) is 9.22. The molecule has 1 fully saturated rings. The molecule has 124 valence electrons. The van der Waals surface area contributed by atoms with E-state index in [1.807, 2.05) is 39.0 Å². The van der Waals surface area contributed by atoms with E-state index in [9.17, 15) is 4.79 Å². The first kappa shape index (κ1) is 16.5. The molecule has 0 aliphatic carbocycles. The minimum Gasteiger partial charge on any atom is -0.444 e. The van der Waals surface area contributed by atoms with E-state index in [1.165, 1.54) is 0 Å². The number of piperazine rings is 1. The summed E-state index contributed by atoms with van der Waals surface area (Å²) >= 11 is 5.26. The third kappa shape index (κ3) is 3.77. The van der Waals surface area contributed by atoms with Crippen LogP contribution in [0.3, 0.4) is 0 Å². The Hall–Kier alpha value is -1.34. The van der Waals surface area contributed by atoms with Gasteiger partial charge in [0.2, 0.25) is 0 Å². The fraction of sp³-hybridized carbons (Fsp3) is 0.500. The van der Waals surface area contributed by atoms with Gasteiger partial charge in [-0.3, -0.25) is 0 Å². The van der Waals surface area contributed by atoms with Crippen molar-refractivity contribution in [1.29, 1.82) is 0 Å². The smallest absolute Gasteiger partial charge is 0.410 e. The van der Waals surface area contributed by atoms with E-state index in [-0.39, 0.29) is 6.09 Å². The molecule has 5 nitrogen and oxygen atoms in total. The fourth-order valence-electron chi connectivity index (χ4n) is 2.45. The van der Waals surface area contributed by atoms with E-state index in [2.05, 4.69) is 20.8 Å². The molecule has 0 saturated carbocycles. The second-order valence-corrected chi connectivity index (χ2v) is 8.37. The van der Waals surface area contributed by atoms with Gasteiger partial charge in [0.05, 0.1) is 10.2 Å². The second-order valence-electron chi connectivity index (χ2n) is 6.54. The quantitative estimate of drug-likeness (QED) is 0.725. The first-order chi connectivity index (χ1) is 10.8. The zero-order valence-corrected chi connectivity index (χ0v) is 15.9. The Morgan fingerprint density at radius 1 is 1.26 bits per heavy atom. The number of hydrogen-bond donors (Lipinski definition) is 0. The van der Waals surface area contributed by atoms with E-state index in [1.54, 1.807) is 16.2 Å². The molecule has 0 unspecified atom stereocenters. The van der Waals surface area contributed by atoms with Gasteiger partial charge in [0.25, 0.3) is 0 Å². The van der Waals surface area contributed by atoms with Gasteiger partial charge >= 0.3 is 6.09 Å². The fourth-order valence-corrected chi connectivity index (χ4v) is 4.07. The van der Waals surface area contributed by atoms with Crippen molar-refractivity contribution in [3.63, 3.8) is 0 Å². The number of carbonyl (C=O) groups excluding carboxylic acids is 1. The van der Waals surface area contributed by atoms with Crippen molar-refractivity contribution < 1.29 is 9.53 Å². The van der Waals surface area contributed by atoms with Gasteiger partial charge in [0, 0.05) is 30.7 Å². The molecule has 0 spiro atoms. The lowest BCUT2D eigenvalue weighted by atomic mass is 10.2. The summed E-state index contributed by atoms with van der Waals surface area (Å²) in [4.78, 5) is 20.8. The third-order valence-electron chi connectivity index (χ3n) is 3.56. The lowest BCUT2D eigenvalue weighted by Gasteiger charge is -2.35. The molecule has 3 rings (SSSR count). The van der Waals surface area contributed by atoms with Gasteiger partial charge in [-0.2, -0.15) is 0 Å². The second kappa shape index (κ2) is 6.28. The van der Waals surface area contributed by atoms with Crippen LogP contribution in [0.4, 0.5) is 9.93 Å². The van der Waals surface area contributed by atoms with E-state index in [4.69, 9.17) is 9.72 Å². The molecule has 1 aromatic heterocycles. The van der Waals surface area contributed by atoms with Crippen LogP contribution in [0.5, 0.6) is 0 Å². The maximum atomic E-state index is 12.1. The lowest BCUT2D eigenvalue weighted by Crippen LogP contribution is -2.50. The molecule has 0 atom stereocenters. The molecule has 1 aromatic carbocycles. The number of carbonyl (C=O) groups is 1. The maximum absolute atomic E-state index is 12.1. The van der Waals surface area contributed by atoms with Crippen LogP contribution >= 0.6 is 27.3 Å². The Morgan fingerprint density at radius 3 is 2.57 bits per heavy atom. The van der Waals surface area contributed by atoms with Gasteiger partial charge in [-0.15, -0.1) is 0 Å². The number of benzene rings is 1. The highest BCUT2D eigenvalue weighted by Crippen LogP contribution is 2.34. The molecular formula is C16H20BrN3O2S. The summed E-state index contributed by atoms with van der Waals surface area (Å²) in [5.41, 5.74) is 0.557. The number of fused-ring (bicyclic) bond motifs is 1. The summed E-state index contributed by atoms with van der Waals surface area (Å²) in [6.07, 6.45) is -0.232. The summed E-state index contributed by atoms with van der Waals surface area (Å²) in [5.74, 6) is 0. The zero-order valence-electron chi connectivity index (χ0n) is 13.5. The van der Waals surface area contributed by atoms with E-state index in [0.717, 1.165) is 32.9 Å². The van der Waals surface area contributed by atoms with Crippen LogP contribution in [-0.2, 0) is 4.74 Å². The van der Waals surface area contributed by atoms with Gasteiger partial charge in [-0.1, -0.05) is 17.4 Å². The van der Waals surface area contributed by atoms with Crippen molar-refractivity contribution in [1.82, 2.24) is 9.88 Å². The number of aromatic nitrogens is 1. The highest BCUT2D eigenvalue weighted by Gasteiger charge is 2.27. The van der Waals surface area contributed by atoms with Gasteiger partial charge in [-0.25, -0.2) is 9.78 Å². The standard InChI is InChI=1S/C16H20BrN3O2S/c1-16(2,3)22-15(21)20-9-7-19(8-10-20)14-18-12-6-4-5-11(17)13(12)23-14/h4-6H,7-10H2,1-3H3. The number of thiazole rings is 1. The molecule has 0 bridgehead atoms. The van der Waals surface area contributed by atoms with Crippen LogP contribution in [-0.4, -0.2) is 47.8 Å². The molecule has 0 radical (unpaired) electrons. The van der Waals surface area contributed by atoms with Gasteiger partial charge < -0.3 is 14.5 Å². The highest BCUT2D eigenvalue weighted by molar-refractivity contribution is 9.10. The normalized spacial score (nSPS) is 16.0. The summed E-state index contributed by atoms with van der Waals surface area (Å²) in [7, 11) is 0. The topological polar surface area (TPSA) is 45.7 Å². The number of amides is 1. The first-order valence-electron chi connectivity index (χ1n) is 7.61. The summed E-state index contributed by atoms with van der Waals surface area (Å²) in [6, 6.07) is 6.05. The molecule has 1 saturated heterocycles. The Balaban J connectivity index is 1.66. The maximum Gasteiger partial charge on any atom is 0.410 e. The Bertz CT molecular complexity index is 718. The Kier molecular flexibility index (Phi) is 4.51. The van der Waals surface area contributed by atoms with Crippen LogP contribution in [0, 0.1) is 0 Å². The number of halogens is 1. The van der Waals surface area contributed by atoms with Crippen molar-refractivity contribution >= 4 is 48.7 Å². The Labute approximate surface area is 148 Å². The minimum atomic E-state index is -0.451. The monoisotopic (exact) mass is 397 g/mol. The van der Waals surface area contributed by atoms with Crippen molar-refractivity contribution in [2.24, 2.45) is 0 Å². The predicted molar refractivity (Wildman–Crippen MR) is 97.3 cm³/mol. The van der Waals surface area contributed by atoms with Crippen LogP contribution in [0.1, 0.15) is 20.8 Å². The average molecular weight is 398 g/mol. The van der Waals surface area contributed by atoms with Crippen LogP contribution in [0.2, 0.25) is 0 Å². The molecule has 2 heterocycles. The molecule has 0 N–H and O–H groups in total. The predicted octanol–water partition coefficient (Wildman–Crippen LogP) is 4.12. The molecule has 7 heteroatoms. The minimum absolute atomic E-state index is 0.232. The molecule has 2 aromatic rings. The number of rotatable bonds is 1. The SMILES string of the molecule is CC(C)(C)OC(=O)N1CCN(c2nc3cccc(Br)c3s2)CC1.